The number of hydrogen-bond donors (Lipinski definition) is 0. The van der Waals surface area contributed by atoms with Crippen LogP contribution in [0.2, 0.25) is 0 Å². The summed E-state index contributed by atoms with van der Waals surface area (Å²) >= 11 is 4.91. The summed E-state index contributed by atoms with van der Waals surface area (Å²) in [6, 6.07) is 13.9. The summed E-state index contributed by atoms with van der Waals surface area (Å²) < 4.78 is 35.2. The third kappa shape index (κ3) is 4.33. The molecule has 0 aliphatic rings. The summed E-state index contributed by atoms with van der Waals surface area (Å²) in [5.41, 5.74) is 1.76. The molecule has 1 heterocycles. The van der Waals surface area contributed by atoms with E-state index in [1.54, 1.807) is 12.1 Å². The van der Waals surface area contributed by atoms with Crippen LogP contribution in [0, 0.1) is 0 Å². The number of aromatic nitrogens is 2. The van der Waals surface area contributed by atoms with Crippen LogP contribution in [0.25, 0.3) is 11.5 Å². The Labute approximate surface area is 149 Å². The van der Waals surface area contributed by atoms with Crippen LogP contribution >= 0.6 is 27.7 Å². The van der Waals surface area contributed by atoms with Crippen molar-refractivity contribution in [3.05, 3.63) is 58.6 Å². The number of nitrogens with zero attached hydrogens (tertiary/aromatic N) is 2. The Hall–Kier alpha value is -1.93. The van der Waals surface area contributed by atoms with Gasteiger partial charge in [0.25, 0.3) is 5.22 Å². The number of hydrogen-bond acceptors (Lipinski definition) is 5. The van der Waals surface area contributed by atoms with Crippen molar-refractivity contribution in [2.24, 2.45) is 0 Å². The van der Waals surface area contributed by atoms with E-state index in [9.17, 15) is 8.78 Å². The summed E-state index contributed by atoms with van der Waals surface area (Å²) in [5, 5.41) is 8.40. The van der Waals surface area contributed by atoms with E-state index in [0.29, 0.717) is 22.4 Å². The third-order valence-electron chi connectivity index (χ3n) is 3.04. The van der Waals surface area contributed by atoms with Gasteiger partial charge in [-0.25, -0.2) is 0 Å². The Morgan fingerprint density at radius 3 is 2.54 bits per heavy atom. The highest BCUT2D eigenvalue weighted by Gasteiger charge is 2.11. The molecule has 2 aromatic carbocycles. The molecule has 0 aliphatic heterocycles. The van der Waals surface area contributed by atoms with Crippen molar-refractivity contribution >= 4 is 27.7 Å². The van der Waals surface area contributed by atoms with Crippen molar-refractivity contribution < 1.29 is 17.9 Å². The van der Waals surface area contributed by atoms with Gasteiger partial charge in [0.05, 0.1) is 0 Å². The van der Waals surface area contributed by atoms with Gasteiger partial charge < -0.3 is 9.15 Å². The molecule has 0 atom stereocenters. The highest BCUT2D eigenvalue weighted by atomic mass is 79.9. The van der Waals surface area contributed by atoms with Gasteiger partial charge in [-0.1, -0.05) is 45.9 Å². The van der Waals surface area contributed by atoms with Gasteiger partial charge in [-0.15, -0.1) is 10.2 Å². The monoisotopic (exact) mass is 412 g/mol. The van der Waals surface area contributed by atoms with Gasteiger partial charge in [-0.3, -0.25) is 0 Å². The molecule has 0 radical (unpaired) electrons. The molecule has 0 N–H and O–H groups in total. The van der Waals surface area contributed by atoms with Crippen molar-refractivity contribution in [3.63, 3.8) is 0 Å². The van der Waals surface area contributed by atoms with Gasteiger partial charge in [0.1, 0.15) is 5.75 Å². The Bertz CT molecular complexity index is 812. The van der Waals surface area contributed by atoms with Crippen LogP contribution in [0.4, 0.5) is 8.78 Å². The van der Waals surface area contributed by atoms with E-state index < -0.39 is 6.61 Å². The Balaban J connectivity index is 1.66. The fraction of sp³-hybridized carbons (Fsp3) is 0.125. The minimum atomic E-state index is -2.85. The molecule has 0 saturated carbocycles. The van der Waals surface area contributed by atoms with Crippen molar-refractivity contribution in [2.45, 2.75) is 17.6 Å². The summed E-state index contributed by atoms with van der Waals surface area (Å²) in [5.74, 6) is 1.09. The summed E-state index contributed by atoms with van der Waals surface area (Å²) in [6.45, 7) is -2.85. The zero-order valence-electron chi connectivity index (χ0n) is 12.2. The predicted molar refractivity (Wildman–Crippen MR) is 90.1 cm³/mol. The van der Waals surface area contributed by atoms with Crippen molar-refractivity contribution in [1.29, 1.82) is 0 Å². The number of thioether (sulfide) groups is 1. The maximum absolute atomic E-state index is 12.1. The number of rotatable bonds is 6. The molecule has 8 heteroatoms. The largest absolute Gasteiger partial charge is 0.435 e. The van der Waals surface area contributed by atoms with E-state index in [2.05, 4.69) is 30.9 Å². The Morgan fingerprint density at radius 2 is 1.83 bits per heavy atom. The topological polar surface area (TPSA) is 48.2 Å². The maximum Gasteiger partial charge on any atom is 0.387 e. The number of halogens is 3. The molecule has 0 amide bonds. The molecule has 0 fully saturated rings. The van der Waals surface area contributed by atoms with Gasteiger partial charge >= 0.3 is 6.61 Å². The van der Waals surface area contributed by atoms with Crippen molar-refractivity contribution in [1.82, 2.24) is 10.2 Å². The lowest BCUT2D eigenvalue weighted by Gasteiger charge is -2.03. The maximum atomic E-state index is 12.1. The van der Waals surface area contributed by atoms with Crippen molar-refractivity contribution in [2.75, 3.05) is 0 Å². The molecule has 0 unspecified atom stereocenters. The molecular formula is C16H11BrF2N2O2S. The van der Waals surface area contributed by atoms with Gasteiger partial charge in [0.15, 0.2) is 0 Å². The second kappa shape index (κ2) is 7.76. The first-order valence-corrected chi connectivity index (χ1v) is 8.64. The van der Waals surface area contributed by atoms with E-state index in [4.69, 9.17) is 4.42 Å². The molecule has 3 aromatic rings. The number of benzene rings is 2. The van der Waals surface area contributed by atoms with Crippen LogP contribution in [0.15, 0.2) is 62.6 Å². The SMILES string of the molecule is FC(F)Oc1ccc(-c2nnc(SCc3ccccc3Br)o2)cc1. The molecule has 1 aromatic heterocycles. The highest BCUT2D eigenvalue weighted by molar-refractivity contribution is 9.10. The molecular weight excluding hydrogens is 402 g/mol. The fourth-order valence-corrected chi connectivity index (χ4v) is 3.30. The first kappa shape index (κ1) is 16.9. The minimum Gasteiger partial charge on any atom is -0.435 e. The molecule has 24 heavy (non-hydrogen) atoms. The zero-order chi connectivity index (χ0) is 16.9. The Kier molecular flexibility index (Phi) is 5.47. The van der Waals surface area contributed by atoms with E-state index in [1.165, 1.54) is 23.9 Å². The molecule has 0 saturated heterocycles. The van der Waals surface area contributed by atoms with Crippen LogP contribution in [0.5, 0.6) is 5.75 Å². The first-order valence-electron chi connectivity index (χ1n) is 6.87. The highest BCUT2D eigenvalue weighted by Crippen LogP contribution is 2.29. The predicted octanol–water partition coefficient (Wildman–Crippen LogP) is 5.39. The molecule has 0 bridgehead atoms. The molecule has 124 valence electrons. The van der Waals surface area contributed by atoms with Gasteiger partial charge in [-0.05, 0) is 35.9 Å². The van der Waals surface area contributed by atoms with Gasteiger partial charge in [0.2, 0.25) is 5.89 Å². The fourth-order valence-electron chi connectivity index (χ4n) is 1.92. The van der Waals surface area contributed by atoms with Crippen LogP contribution < -0.4 is 4.74 Å². The van der Waals surface area contributed by atoms with E-state index in [-0.39, 0.29) is 5.75 Å². The first-order chi connectivity index (χ1) is 11.6. The van der Waals surface area contributed by atoms with E-state index >= 15 is 0 Å². The second-order valence-corrected chi connectivity index (χ2v) is 6.44. The smallest absolute Gasteiger partial charge is 0.387 e. The van der Waals surface area contributed by atoms with Gasteiger partial charge in [-0.2, -0.15) is 8.78 Å². The van der Waals surface area contributed by atoms with Crippen LogP contribution in [-0.2, 0) is 5.75 Å². The minimum absolute atomic E-state index is 0.0804. The lowest BCUT2D eigenvalue weighted by molar-refractivity contribution is -0.0498. The lowest BCUT2D eigenvalue weighted by Crippen LogP contribution is -2.01. The van der Waals surface area contributed by atoms with E-state index in [0.717, 1.165) is 10.0 Å². The van der Waals surface area contributed by atoms with Crippen molar-refractivity contribution in [3.8, 4) is 17.2 Å². The standard InChI is InChI=1S/C16H11BrF2N2O2S/c17-13-4-2-1-3-11(13)9-24-16-21-20-14(23-16)10-5-7-12(8-6-10)22-15(18)19/h1-8,15H,9H2. The molecule has 3 rings (SSSR count). The van der Waals surface area contributed by atoms with Crippen LogP contribution in [0.1, 0.15) is 5.56 Å². The molecule has 4 nitrogen and oxygen atoms in total. The number of alkyl halides is 2. The lowest BCUT2D eigenvalue weighted by atomic mass is 10.2. The van der Waals surface area contributed by atoms with Gasteiger partial charge in [0, 0.05) is 15.8 Å². The third-order valence-corrected chi connectivity index (χ3v) is 4.68. The second-order valence-electron chi connectivity index (χ2n) is 4.66. The molecule has 0 aliphatic carbocycles. The van der Waals surface area contributed by atoms with E-state index in [1.807, 2.05) is 24.3 Å². The summed E-state index contributed by atoms with van der Waals surface area (Å²) in [6.07, 6.45) is 0. The Morgan fingerprint density at radius 1 is 1.08 bits per heavy atom. The number of ether oxygens (including phenoxy) is 1. The van der Waals surface area contributed by atoms with Crippen LogP contribution in [-0.4, -0.2) is 16.8 Å². The normalized spacial score (nSPS) is 11.0. The summed E-state index contributed by atoms with van der Waals surface area (Å²) in [4.78, 5) is 0. The van der Waals surface area contributed by atoms with Crippen LogP contribution in [0.3, 0.4) is 0 Å². The zero-order valence-corrected chi connectivity index (χ0v) is 14.6. The quantitative estimate of drug-likeness (QED) is 0.507. The molecule has 0 spiro atoms. The average molecular weight is 413 g/mol. The average Bonchev–Trinajstić information content (AvgIpc) is 3.03. The summed E-state index contributed by atoms with van der Waals surface area (Å²) in [7, 11) is 0.